The van der Waals surface area contributed by atoms with Gasteiger partial charge in [0.15, 0.2) is 0 Å². The first-order valence-electron chi connectivity index (χ1n) is 9.24. The SMILES string of the molecule is COc1cc(N)ccc1C(=O)Nc1ccc(-c2ccc(N)cc2C(F)(F)F)c(C(F)(F)F)c1. The molecule has 5 N–H and O–H groups in total. The first-order chi connectivity index (χ1) is 15.3. The number of carbonyl (C=O) groups is 1. The number of hydrogen-bond acceptors (Lipinski definition) is 4. The summed E-state index contributed by atoms with van der Waals surface area (Å²) in [7, 11) is 1.28. The number of nitrogens with two attached hydrogens (primary N) is 2. The monoisotopic (exact) mass is 469 g/mol. The molecule has 5 nitrogen and oxygen atoms in total. The number of amides is 1. The molecule has 0 aliphatic carbocycles. The predicted octanol–water partition coefficient (Wildman–Crippen LogP) is 5.82. The number of nitrogens with one attached hydrogen (secondary N) is 1. The molecule has 3 aromatic rings. The second-order valence-corrected chi connectivity index (χ2v) is 6.97. The summed E-state index contributed by atoms with van der Waals surface area (Å²) in [5, 5.41) is 2.30. The zero-order chi connectivity index (χ0) is 24.6. The fraction of sp³-hybridized carbons (Fsp3) is 0.136. The zero-order valence-electron chi connectivity index (χ0n) is 16.9. The largest absolute Gasteiger partial charge is 0.496 e. The van der Waals surface area contributed by atoms with E-state index in [1.807, 2.05) is 0 Å². The van der Waals surface area contributed by atoms with E-state index >= 15 is 0 Å². The van der Waals surface area contributed by atoms with E-state index in [1.165, 1.54) is 25.3 Å². The van der Waals surface area contributed by atoms with Gasteiger partial charge in [-0.3, -0.25) is 4.79 Å². The van der Waals surface area contributed by atoms with Crippen LogP contribution in [-0.4, -0.2) is 13.0 Å². The van der Waals surface area contributed by atoms with Crippen LogP contribution in [0.15, 0.2) is 54.6 Å². The molecule has 0 fully saturated rings. The van der Waals surface area contributed by atoms with Crippen LogP contribution in [0.5, 0.6) is 5.75 Å². The number of benzene rings is 3. The smallest absolute Gasteiger partial charge is 0.417 e. The summed E-state index contributed by atoms with van der Waals surface area (Å²) in [6.07, 6.45) is -9.95. The third-order valence-corrected chi connectivity index (χ3v) is 4.69. The number of ether oxygens (including phenoxy) is 1. The van der Waals surface area contributed by atoms with Crippen LogP contribution in [0.4, 0.5) is 43.4 Å². The molecule has 1 amide bonds. The molecule has 0 aliphatic heterocycles. The maximum Gasteiger partial charge on any atom is 0.417 e. The Labute approximate surface area is 184 Å². The van der Waals surface area contributed by atoms with Crippen LogP contribution < -0.4 is 21.5 Å². The molecule has 174 valence electrons. The highest BCUT2D eigenvalue weighted by Gasteiger charge is 2.38. The van der Waals surface area contributed by atoms with Crippen molar-refractivity contribution in [2.24, 2.45) is 0 Å². The van der Waals surface area contributed by atoms with Gasteiger partial charge in [0.2, 0.25) is 0 Å². The minimum atomic E-state index is -5.01. The second kappa shape index (κ2) is 8.57. The number of carbonyl (C=O) groups excluding carboxylic acids is 1. The highest BCUT2D eigenvalue weighted by molar-refractivity contribution is 6.06. The molecule has 0 aromatic heterocycles. The van der Waals surface area contributed by atoms with Gasteiger partial charge in [0.25, 0.3) is 5.91 Å². The topological polar surface area (TPSA) is 90.4 Å². The summed E-state index contributed by atoms with van der Waals surface area (Å²) in [6, 6.07) is 9.11. The summed E-state index contributed by atoms with van der Waals surface area (Å²) in [5.74, 6) is -0.701. The van der Waals surface area contributed by atoms with Crippen molar-refractivity contribution in [3.63, 3.8) is 0 Å². The molecule has 0 bridgehead atoms. The number of anilines is 3. The van der Waals surface area contributed by atoms with E-state index in [2.05, 4.69) is 5.32 Å². The quantitative estimate of drug-likeness (QED) is 0.332. The van der Waals surface area contributed by atoms with Gasteiger partial charge in [-0.15, -0.1) is 0 Å². The van der Waals surface area contributed by atoms with Crippen molar-refractivity contribution < 1.29 is 35.9 Å². The van der Waals surface area contributed by atoms with Crippen molar-refractivity contribution >= 4 is 23.0 Å². The molecule has 0 radical (unpaired) electrons. The molecule has 0 spiro atoms. The molecular formula is C22H17F6N3O2. The van der Waals surface area contributed by atoms with Crippen LogP contribution in [-0.2, 0) is 12.4 Å². The van der Waals surface area contributed by atoms with E-state index in [9.17, 15) is 31.1 Å². The van der Waals surface area contributed by atoms with E-state index in [0.717, 1.165) is 24.3 Å². The van der Waals surface area contributed by atoms with Crippen molar-refractivity contribution in [2.45, 2.75) is 12.4 Å². The zero-order valence-corrected chi connectivity index (χ0v) is 16.9. The Morgan fingerprint density at radius 3 is 1.88 bits per heavy atom. The lowest BCUT2D eigenvalue weighted by Gasteiger charge is -2.19. The molecule has 11 heteroatoms. The standard InChI is InChI=1S/C22H17F6N3O2/c1-33-19-9-12(30)3-6-16(19)20(32)31-13-4-7-15(18(10-13)22(26,27)28)14-5-2-11(29)8-17(14)21(23,24)25/h2-10H,29-30H2,1H3,(H,31,32). The van der Waals surface area contributed by atoms with Crippen LogP contribution in [0.3, 0.4) is 0 Å². The summed E-state index contributed by atoms with van der Waals surface area (Å²) < 4.78 is 86.8. The molecular weight excluding hydrogens is 452 g/mol. The lowest BCUT2D eigenvalue weighted by Crippen LogP contribution is -2.15. The van der Waals surface area contributed by atoms with Crippen LogP contribution in [0.25, 0.3) is 11.1 Å². The molecule has 0 atom stereocenters. The van der Waals surface area contributed by atoms with Crippen LogP contribution >= 0.6 is 0 Å². The summed E-state index contributed by atoms with van der Waals surface area (Å²) in [5.41, 5.74) is 6.73. The van der Waals surface area contributed by atoms with Gasteiger partial charge in [-0.25, -0.2) is 0 Å². The van der Waals surface area contributed by atoms with Crippen LogP contribution in [0.1, 0.15) is 21.5 Å². The van der Waals surface area contributed by atoms with E-state index in [0.29, 0.717) is 17.8 Å². The summed E-state index contributed by atoms with van der Waals surface area (Å²) >= 11 is 0. The van der Waals surface area contributed by atoms with Crippen molar-refractivity contribution in [2.75, 3.05) is 23.9 Å². The van der Waals surface area contributed by atoms with Gasteiger partial charge in [-0.05, 0) is 47.5 Å². The van der Waals surface area contributed by atoms with Crippen molar-refractivity contribution in [3.05, 3.63) is 71.3 Å². The predicted molar refractivity (Wildman–Crippen MR) is 112 cm³/mol. The van der Waals surface area contributed by atoms with Crippen molar-refractivity contribution in [1.82, 2.24) is 0 Å². The third-order valence-electron chi connectivity index (χ3n) is 4.69. The average Bonchev–Trinajstić information content (AvgIpc) is 2.72. The van der Waals surface area contributed by atoms with E-state index in [4.69, 9.17) is 16.2 Å². The van der Waals surface area contributed by atoms with Crippen molar-refractivity contribution in [3.8, 4) is 16.9 Å². The Morgan fingerprint density at radius 2 is 1.30 bits per heavy atom. The van der Waals surface area contributed by atoms with Gasteiger partial charge in [0.05, 0.1) is 23.8 Å². The number of rotatable bonds is 4. The Kier molecular flexibility index (Phi) is 6.17. The molecule has 0 saturated heterocycles. The maximum atomic E-state index is 13.8. The van der Waals surface area contributed by atoms with E-state index in [1.54, 1.807) is 0 Å². The average molecular weight is 469 g/mol. The maximum absolute atomic E-state index is 13.8. The number of hydrogen-bond donors (Lipinski definition) is 3. The van der Waals surface area contributed by atoms with Crippen molar-refractivity contribution in [1.29, 1.82) is 0 Å². The minimum Gasteiger partial charge on any atom is -0.496 e. The third kappa shape index (κ3) is 5.13. The first-order valence-corrected chi connectivity index (χ1v) is 9.24. The molecule has 0 saturated carbocycles. The van der Waals surface area contributed by atoms with Gasteiger partial charge in [-0.2, -0.15) is 26.3 Å². The fourth-order valence-corrected chi connectivity index (χ4v) is 3.22. The number of alkyl halides is 6. The highest BCUT2D eigenvalue weighted by atomic mass is 19.4. The van der Waals surface area contributed by atoms with Gasteiger partial charge >= 0.3 is 12.4 Å². The fourth-order valence-electron chi connectivity index (χ4n) is 3.22. The normalized spacial score (nSPS) is 11.8. The van der Waals surface area contributed by atoms with E-state index < -0.39 is 40.5 Å². The molecule has 0 unspecified atom stereocenters. The van der Waals surface area contributed by atoms with Crippen LogP contribution in [0, 0.1) is 0 Å². The van der Waals surface area contributed by atoms with Gasteiger partial charge in [-0.1, -0.05) is 12.1 Å². The molecule has 3 aromatic carbocycles. The lowest BCUT2D eigenvalue weighted by molar-refractivity contribution is -0.139. The molecule has 0 heterocycles. The Balaban J connectivity index is 2.08. The minimum absolute atomic E-state index is 0.00206. The van der Waals surface area contributed by atoms with Crippen LogP contribution in [0.2, 0.25) is 0 Å². The number of methoxy groups -OCH3 is 1. The Bertz CT molecular complexity index is 1210. The summed E-state index contributed by atoms with van der Waals surface area (Å²) in [6.45, 7) is 0. The van der Waals surface area contributed by atoms with Gasteiger partial charge in [0.1, 0.15) is 5.75 Å². The van der Waals surface area contributed by atoms with Gasteiger partial charge < -0.3 is 21.5 Å². The summed E-state index contributed by atoms with van der Waals surface area (Å²) in [4.78, 5) is 12.6. The molecule has 3 rings (SSSR count). The molecule has 0 aliphatic rings. The lowest BCUT2D eigenvalue weighted by atomic mass is 9.93. The second-order valence-electron chi connectivity index (χ2n) is 6.97. The Hall–Kier alpha value is -3.89. The van der Waals surface area contributed by atoms with Gasteiger partial charge in [0, 0.05) is 23.1 Å². The van der Waals surface area contributed by atoms with E-state index in [-0.39, 0.29) is 22.7 Å². The number of nitrogen functional groups attached to an aromatic ring is 2. The number of halogens is 6. The highest BCUT2D eigenvalue weighted by Crippen LogP contribution is 2.44. The Morgan fingerprint density at radius 1 is 0.788 bits per heavy atom. The molecule has 33 heavy (non-hydrogen) atoms. The first kappa shape index (κ1) is 23.8.